The molecule has 2 amide bonds. The number of nitrogens with zero attached hydrogens (tertiary/aromatic N) is 1. The molecule has 1 aliphatic heterocycles. The van der Waals surface area contributed by atoms with Crippen molar-refractivity contribution in [3.8, 4) is 11.5 Å². The summed E-state index contributed by atoms with van der Waals surface area (Å²) in [5.41, 5.74) is 2.92. The second-order valence-corrected chi connectivity index (χ2v) is 6.85. The molecule has 4 rings (SSSR count). The number of anilines is 1. The van der Waals surface area contributed by atoms with Gasteiger partial charge in [-0.3, -0.25) is 9.59 Å². The minimum absolute atomic E-state index is 0.0381. The van der Waals surface area contributed by atoms with Crippen molar-refractivity contribution in [3.63, 3.8) is 0 Å². The number of amides is 2. The van der Waals surface area contributed by atoms with E-state index >= 15 is 0 Å². The number of rotatable bonds is 4. The second kappa shape index (κ2) is 6.91. The van der Waals surface area contributed by atoms with Crippen LogP contribution in [0.2, 0.25) is 0 Å². The standard InChI is InChI=1S/C23H17NO5/c1-13-3-7-18(11-14(13)2)29-17-8-5-16(6-9-17)24-21(25)19-10-4-15(23(27)28)12-20(19)22(24)26/h3-12H,1-2H3,(H,27,28). The minimum Gasteiger partial charge on any atom is -0.478 e. The molecule has 3 aromatic carbocycles. The lowest BCUT2D eigenvalue weighted by molar-refractivity contribution is 0.0696. The highest BCUT2D eigenvalue weighted by Crippen LogP contribution is 2.31. The van der Waals surface area contributed by atoms with Crippen molar-refractivity contribution >= 4 is 23.5 Å². The highest BCUT2D eigenvalue weighted by atomic mass is 16.5. The van der Waals surface area contributed by atoms with Gasteiger partial charge in [-0.1, -0.05) is 6.07 Å². The molecule has 29 heavy (non-hydrogen) atoms. The van der Waals surface area contributed by atoms with Gasteiger partial charge in [0.15, 0.2) is 0 Å². The minimum atomic E-state index is -1.15. The maximum absolute atomic E-state index is 12.7. The summed E-state index contributed by atoms with van der Waals surface area (Å²) >= 11 is 0. The summed E-state index contributed by atoms with van der Waals surface area (Å²) in [6, 6.07) is 16.3. The van der Waals surface area contributed by atoms with Gasteiger partial charge in [0.2, 0.25) is 0 Å². The Hall–Kier alpha value is -3.93. The van der Waals surface area contributed by atoms with Crippen LogP contribution in [0.5, 0.6) is 11.5 Å². The van der Waals surface area contributed by atoms with Gasteiger partial charge in [-0.15, -0.1) is 0 Å². The normalized spacial score (nSPS) is 12.8. The number of aromatic carboxylic acids is 1. The Morgan fingerprint density at radius 1 is 0.793 bits per heavy atom. The quantitative estimate of drug-likeness (QED) is 0.662. The number of carboxylic acid groups (broad SMARTS) is 1. The van der Waals surface area contributed by atoms with Gasteiger partial charge in [0.05, 0.1) is 22.4 Å². The van der Waals surface area contributed by atoms with Crippen molar-refractivity contribution in [2.24, 2.45) is 0 Å². The first-order valence-corrected chi connectivity index (χ1v) is 8.96. The van der Waals surface area contributed by atoms with Gasteiger partial charge in [-0.2, -0.15) is 0 Å². The van der Waals surface area contributed by atoms with Crippen LogP contribution in [0.25, 0.3) is 0 Å². The van der Waals surface area contributed by atoms with E-state index in [1.165, 1.54) is 23.8 Å². The molecule has 0 fully saturated rings. The molecule has 0 spiro atoms. The Morgan fingerprint density at radius 3 is 2.10 bits per heavy atom. The van der Waals surface area contributed by atoms with Gasteiger partial charge in [0.1, 0.15) is 11.5 Å². The molecule has 6 nitrogen and oxygen atoms in total. The SMILES string of the molecule is Cc1ccc(Oc2ccc(N3C(=O)c4ccc(C(=O)O)cc4C3=O)cc2)cc1C. The van der Waals surface area contributed by atoms with Crippen molar-refractivity contribution in [1.29, 1.82) is 0 Å². The predicted octanol–water partition coefficient (Wildman–Crippen LogP) is 4.59. The van der Waals surface area contributed by atoms with Crippen molar-refractivity contribution in [3.05, 3.63) is 88.5 Å². The van der Waals surface area contributed by atoms with Crippen molar-refractivity contribution < 1.29 is 24.2 Å². The van der Waals surface area contributed by atoms with Crippen LogP contribution in [-0.2, 0) is 0 Å². The van der Waals surface area contributed by atoms with E-state index < -0.39 is 17.8 Å². The number of aryl methyl sites for hydroxylation is 2. The van der Waals surface area contributed by atoms with Crippen LogP contribution in [0.3, 0.4) is 0 Å². The molecule has 0 aromatic heterocycles. The fourth-order valence-corrected chi connectivity index (χ4v) is 3.19. The molecule has 0 aliphatic carbocycles. The second-order valence-electron chi connectivity index (χ2n) is 6.85. The highest BCUT2D eigenvalue weighted by Gasteiger charge is 2.37. The molecule has 1 aliphatic rings. The number of imide groups is 1. The number of carbonyl (C=O) groups excluding carboxylic acids is 2. The number of benzene rings is 3. The molecule has 144 valence electrons. The largest absolute Gasteiger partial charge is 0.478 e. The van der Waals surface area contributed by atoms with E-state index in [1.54, 1.807) is 24.3 Å². The zero-order valence-electron chi connectivity index (χ0n) is 15.8. The lowest BCUT2D eigenvalue weighted by Crippen LogP contribution is -2.29. The maximum Gasteiger partial charge on any atom is 0.335 e. The summed E-state index contributed by atoms with van der Waals surface area (Å²) in [4.78, 5) is 37.6. The molecule has 1 heterocycles. The number of ether oxygens (including phenoxy) is 1. The number of hydrogen-bond donors (Lipinski definition) is 1. The molecule has 0 saturated carbocycles. The summed E-state index contributed by atoms with van der Waals surface area (Å²) in [7, 11) is 0. The number of carboxylic acids is 1. The third kappa shape index (κ3) is 3.25. The molecular formula is C23H17NO5. The number of hydrogen-bond acceptors (Lipinski definition) is 4. The third-order valence-electron chi connectivity index (χ3n) is 4.94. The lowest BCUT2D eigenvalue weighted by atomic mass is 10.1. The highest BCUT2D eigenvalue weighted by molar-refractivity contribution is 6.34. The van der Waals surface area contributed by atoms with Crippen LogP contribution in [0, 0.1) is 13.8 Å². The lowest BCUT2D eigenvalue weighted by Gasteiger charge is -2.14. The molecule has 3 aromatic rings. The van der Waals surface area contributed by atoms with Crippen molar-refractivity contribution in [1.82, 2.24) is 0 Å². The summed E-state index contributed by atoms with van der Waals surface area (Å²) in [5, 5.41) is 9.11. The van der Waals surface area contributed by atoms with Gasteiger partial charge < -0.3 is 9.84 Å². The van der Waals surface area contributed by atoms with Crippen LogP contribution in [-0.4, -0.2) is 22.9 Å². The Kier molecular flexibility index (Phi) is 4.39. The molecule has 0 saturated heterocycles. The van der Waals surface area contributed by atoms with Gasteiger partial charge >= 0.3 is 5.97 Å². The van der Waals surface area contributed by atoms with Crippen LogP contribution in [0.1, 0.15) is 42.2 Å². The molecule has 0 unspecified atom stereocenters. The Labute approximate surface area is 167 Å². The zero-order valence-corrected chi connectivity index (χ0v) is 15.8. The first-order chi connectivity index (χ1) is 13.8. The van der Waals surface area contributed by atoms with E-state index in [0.29, 0.717) is 17.2 Å². The molecular weight excluding hydrogens is 370 g/mol. The van der Waals surface area contributed by atoms with E-state index in [1.807, 2.05) is 32.0 Å². The van der Waals surface area contributed by atoms with Gasteiger partial charge in [-0.25, -0.2) is 9.69 Å². The van der Waals surface area contributed by atoms with E-state index in [-0.39, 0.29) is 16.7 Å². The Bertz CT molecular complexity index is 1160. The predicted molar refractivity (Wildman–Crippen MR) is 107 cm³/mol. The van der Waals surface area contributed by atoms with E-state index in [0.717, 1.165) is 10.5 Å². The topological polar surface area (TPSA) is 83.9 Å². The summed E-state index contributed by atoms with van der Waals surface area (Å²) in [6.45, 7) is 4.03. The molecule has 6 heteroatoms. The average molecular weight is 387 g/mol. The fourth-order valence-electron chi connectivity index (χ4n) is 3.19. The van der Waals surface area contributed by atoms with Crippen LogP contribution in [0.4, 0.5) is 5.69 Å². The first-order valence-electron chi connectivity index (χ1n) is 8.96. The molecule has 0 bridgehead atoms. The molecule has 0 radical (unpaired) electrons. The third-order valence-corrected chi connectivity index (χ3v) is 4.94. The summed E-state index contributed by atoms with van der Waals surface area (Å²) in [5.74, 6) is -0.912. The number of carbonyl (C=O) groups is 3. The average Bonchev–Trinajstić information content (AvgIpc) is 2.95. The summed E-state index contributed by atoms with van der Waals surface area (Å²) in [6.07, 6.45) is 0. The van der Waals surface area contributed by atoms with E-state index in [9.17, 15) is 14.4 Å². The van der Waals surface area contributed by atoms with Crippen molar-refractivity contribution in [2.75, 3.05) is 4.90 Å². The molecule has 1 N–H and O–H groups in total. The number of fused-ring (bicyclic) bond motifs is 1. The van der Waals surface area contributed by atoms with Crippen LogP contribution in [0.15, 0.2) is 60.7 Å². The van der Waals surface area contributed by atoms with Crippen LogP contribution >= 0.6 is 0 Å². The Morgan fingerprint density at radius 2 is 1.45 bits per heavy atom. The van der Waals surface area contributed by atoms with E-state index in [4.69, 9.17) is 9.84 Å². The smallest absolute Gasteiger partial charge is 0.335 e. The maximum atomic E-state index is 12.7. The summed E-state index contributed by atoms with van der Waals surface area (Å²) < 4.78 is 5.84. The van der Waals surface area contributed by atoms with Gasteiger partial charge in [0.25, 0.3) is 11.8 Å². The van der Waals surface area contributed by atoms with Crippen LogP contribution < -0.4 is 9.64 Å². The zero-order chi connectivity index (χ0) is 20.7. The molecule has 0 atom stereocenters. The van der Waals surface area contributed by atoms with Crippen molar-refractivity contribution in [2.45, 2.75) is 13.8 Å². The van der Waals surface area contributed by atoms with E-state index in [2.05, 4.69) is 0 Å². The monoisotopic (exact) mass is 387 g/mol. The fraction of sp³-hybridized carbons (Fsp3) is 0.0870. The van der Waals surface area contributed by atoms with Gasteiger partial charge in [0, 0.05) is 0 Å². The Balaban J connectivity index is 1.59. The first kappa shape index (κ1) is 18.4. The van der Waals surface area contributed by atoms with Gasteiger partial charge in [-0.05, 0) is 79.6 Å².